The van der Waals surface area contributed by atoms with Crippen LogP contribution in [0.5, 0.6) is 0 Å². The number of benzene rings is 1. The van der Waals surface area contributed by atoms with Gasteiger partial charge in [-0.05, 0) is 30.3 Å². The Balaban J connectivity index is 0. The smallest absolute Gasteiger partial charge is 0.207 e. The van der Waals surface area contributed by atoms with Crippen molar-refractivity contribution in [2.24, 2.45) is 16.5 Å². The summed E-state index contributed by atoms with van der Waals surface area (Å²) < 4.78 is 0. The van der Waals surface area contributed by atoms with E-state index in [2.05, 4.69) is 10.3 Å². The molecule has 0 spiro atoms. The maximum atomic E-state index is 8.22. The van der Waals surface area contributed by atoms with E-state index < -0.39 is 0 Å². The number of nitrogens with one attached hydrogen (secondary N) is 1. The Hall–Kier alpha value is -1.19. The Morgan fingerprint density at radius 3 is 2.22 bits per heavy atom. The molecule has 97 valence electrons. The standard InChI is InChI=1S/C8H7ClN4.C3H9N.V/c9-6-1-3-7(4-2-6)13-8(11)12-5-10;1-3(2)4;/h1-4H,(H3,11,12,13);3H,4H2,1-2H3;. The van der Waals surface area contributed by atoms with E-state index in [0.29, 0.717) is 16.8 Å². The van der Waals surface area contributed by atoms with Crippen LogP contribution in [0, 0.1) is 11.5 Å². The number of nitrogens with two attached hydrogens (primary N) is 2. The van der Waals surface area contributed by atoms with Crippen LogP contribution in [0.3, 0.4) is 0 Å². The van der Waals surface area contributed by atoms with Gasteiger partial charge in [0.1, 0.15) is 0 Å². The summed E-state index contributed by atoms with van der Waals surface area (Å²) in [7, 11) is 0. The molecule has 0 fully saturated rings. The van der Waals surface area contributed by atoms with Gasteiger partial charge in [0.25, 0.3) is 0 Å². The number of aliphatic imine (C=N–C) groups is 1. The zero-order chi connectivity index (χ0) is 13.3. The average Bonchev–Trinajstić information content (AvgIpc) is 2.21. The minimum atomic E-state index is 0. The average molecular weight is 305 g/mol. The summed E-state index contributed by atoms with van der Waals surface area (Å²) in [6.07, 6.45) is 1.67. The molecule has 5 N–H and O–H groups in total. The number of guanidine groups is 1. The molecule has 0 aliphatic heterocycles. The second-order valence-electron chi connectivity index (χ2n) is 3.45. The van der Waals surface area contributed by atoms with E-state index in [9.17, 15) is 0 Å². The summed E-state index contributed by atoms with van der Waals surface area (Å²) in [6, 6.07) is 7.13. The number of hydrogen-bond acceptors (Lipinski definition) is 3. The van der Waals surface area contributed by atoms with Gasteiger partial charge in [-0.25, -0.2) is 4.99 Å². The molecule has 5 nitrogen and oxygen atoms in total. The van der Waals surface area contributed by atoms with E-state index in [0.717, 1.165) is 0 Å². The van der Waals surface area contributed by atoms with Gasteiger partial charge in [0.05, 0.1) is 5.69 Å². The summed E-state index contributed by atoms with van der Waals surface area (Å²) in [5.41, 5.74) is 11.1. The normalized spacial score (nSPS) is 9.67. The number of nitrogens with zero attached hydrogens (tertiary/aromatic N) is 2. The molecule has 0 unspecified atom stereocenters. The van der Waals surface area contributed by atoms with Crippen molar-refractivity contribution in [2.45, 2.75) is 19.9 Å². The summed E-state index contributed by atoms with van der Waals surface area (Å²) >= 11 is 5.66. The summed E-state index contributed by atoms with van der Waals surface area (Å²) in [6.45, 7) is 3.89. The fraction of sp³-hybridized carbons (Fsp3) is 0.273. The Morgan fingerprint density at radius 1 is 1.39 bits per heavy atom. The van der Waals surface area contributed by atoms with Gasteiger partial charge in [-0.1, -0.05) is 25.4 Å². The minimum Gasteiger partial charge on any atom is -0.369 e. The van der Waals surface area contributed by atoms with E-state index in [1.165, 1.54) is 0 Å². The minimum absolute atomic E-state index is 0. The van der Waals surface area contributed by atoms with Crippen LogP contribution < -0.4 is 16.8 Å². The van der Waals surface area contributed by atoms with Gasteiger partial charge in [0.15, 0.2) is 6.19 Å². The first-order valence-corrected chi connectivity index (χ1v) is 5.34. The summed E-state index contributed by atoms with van der Waals surface area (Å²) in [5, 5.41) is 11.1. The van der Waals surface area contributed by atoms with Crippen molar-refractivity contribution in [3.05, 3.63) is 29.3 Å². The molecule has 1 radical (unpaired) electrons. The zero-order valence-electron chi connectivity index (χ0n) is 10.3. The first-order valence-electron chi connectivity index (χ1n) is 4.96. The third-order valence-electron chi connectivity index (χ3n) is 1.26. The third kappa shape index (κ3) is 11.3. The molecule has 0 amide bonds. The van der Waals surface area contributed by atoms with E-state index >= 15 is 0 Å². The zero-order valence-corrected chi connectivity index (χ0v) is 12.4. The molecule has 1 aromatic rings. The molecular formula is C11H16ClN5V. The van der Waals surface area contributed by atoms with Crippen LogP contribution in [-0.4, -0.2) is 12.0 Å². The second-order valence-corrected chi connectivity index (χ2v) is 3.89. The van der Waals surface area contributed by atoms with Crippen molar-refractivity contribution in [2.75, 3.05) is 0 Å². The quantitative estimate of drug-likeness (QED) is 0.318. The summed E-state index contributed by atoms with van der Waals surface area (Å²) in [4.78, 5) is 3.89. The first kappa shape index (κ1) is 19.2. The Bertz CT molecular complexity index is 394. The number of nitriles is 1. The van der Waals surface area contributed by atoms with Crippen LogP contribution in [0.2, 0.25) is 5.02 Å². The maximum Gasteiger partial charge on any atom is 0.207 e. The molecule has 0 saturated carbocycles. The van der Waals surface area contributed by atoms with Gasteiger partial charge in [0.2, 0.25) is 5.96 Å². The van der Waals surface area contributed by atoms with Crippen molar-refractivity contribution in [3.63, 3.8) is 0 Å². The molecule has 1 aromatic carbocycles. The van der Waals surface area contributed by atoms with Crippen LogP contribution in [0.1, 0.15) is 13.8 Å². The molecule has 0 atom stereocenters. The molecule has 0 bridgehead atoms. The number of hydrogen-bond donors (Lipinski definition) is 3. The van der Waals surface area contributed by atoms with Crippen molar-refractivity contribution in [3.8, 4) is 6.19 Å². The van der Waals surface area contributed by atoms with Gasteiger partial charge in [-0.15, -0.1) is 0 Å². The first-order chi connectivity index (χ1) is 7.95. The van der Waals surface area contributed by atoms with Crippen LogP contribution in [0.4, 0.5) is 5.69 Å². The van der Waals surface area contributed by atoms with Crippen LogP contribution >= 0.6 is 11.6 Å². The van der Waals surface area contributed by atoms with Crippen LogP contribution in [0.15, 0.2) is 29.3 Å². The fourth-order valence-corrected chi connectivity index (χ4v) is 0.866. The molecule has 18 heavy (non-hydrogen) atoms. The largest absolute Gasteiger partial charge is 0.369 e. The van der Waals surface area contributed by atoms with Crippen molar-refractivity contribution >= 4 is 23.2 Å². The van der Waals surface area contributed by atoms with Gasteiger partial charge in [-0.3, -0.25) is 5.32 Å². The van der Waals surface area contributed by atoms with E-state index in [1.54, 1.807) is 30.5 Å². The molecule has 0 saturated heterocycles. The van der Waals surface area contributed by atoms with Crippen LogP contribution in [-0.2, 0) is 18.6 Å². The van der Waals surface area contributed by atoms with Crippen molar-refractivity contribution in [1.82, 2.24) is 5.32 Å². The van der Waals surface area contributed by atoms with Gasteiger partial charge < -0.3 is 11.5 Å². The molecule has 7 heteroatoms. The van der Waals surface area contributed by atoms with Crippen molar-refractivity contribution in [1.29, 1.82) is 5.26 Å². The molecule has 0 aliphatic rings. The Kier molecular flexibility index (Phi) is 11.6. The van der Waals surface area contributed by atoms with E-state index in [-0.39, 0.29) is 24.5 Å². The molecule has 0 heterocycles. The van der Waals surface area contributed by atoms with Crippen LogP contribution in [0.25, 0.3) is 0 Å². The van der Waals surface area contributed by atoms with E-state index in [4.69, 9.17) is 28.3 Å². The second kappa shape index (κ2) is 10.9. The maximum absolute atomic E-state index is 8.22. The number of rotatable bonds is 1. The van der Waals surface area contributed by atoms with Gasteiger partial charge in [-0.2, -0.15) is 5.26 Å². The monoisotopic (exact) mass is 304 g/mol. The van der Waals surface area contributed by atoms with E-state index in [1.807, 2.05) is 13.8 Å². The third-order valence-corrected chi connectivity index (χ3v) is 1.51. The predicted octanol–water partition coefficient (Wildman–Crippen LogP) is 1.71. The Labute approximate surface area is 124 Å². The Morgan fingerprint density at radius 2 is 1.83 bits per heavy atom. The predicted molar refractivity (Wildman–Crippen MR) is 70.8 cm³/mol. The van der Waals surface area contributed by atoms with Gasteiger partial charge in [0, 0.05) is 23.6 Å². The SMILES string of the molecule is CC(C)N.N#CNC(N)=Nc1ccc(Cl)cc1.[V]. The summed E-state index contributed by atoms with van der Waals surface area (Å²) in [5.74, 6) is 0.0600. The topological polar surface area (TPSA) is 100 Å². The van der Waals surface area contributed by atoms with Crippen molar-refractivity contribution < 1.29 is 18.6 Å². The molecule has 0 aliphatic carbocycles. The number of halogens is 1. The molecule has 0 aromatic heterocycles. The fourth-order valence-electron chi connectivity index (χ4n) is 0.740. The van der Waals surface area contributed by atoms with Gasteiger partial charge >= 0.3 is 0 Å². The molecular weight excluding hydrogens is 289 g/mol. The molecule has 1 rings (SSSR count).